The molecule has 11 heteroatoms. The first-order chi connectivity index (χ1) is 13.8. The molecule has 0 saturated heterocycles. The molecule has 0 aliphatic rings. The summed E-state index contributed by atoms with van der Waals surface area (Å²) in [6.45, 7) is 5.81. The number of thioether (sulfide) groups is 1. The van der Waals surface area contributed by atoms with Crippen molar-refractivity contribution in [3.05, 3.63) is 17.7 Å². The van der Waals surface area contributed by atoms with Crippen LogP contribution in [0.15, 0.2) is 17.0 Å². The number of nitrogens with one attached hydrogen (secondary N) is 2. The SMILES string of the molecule is CC(C)(C)OC(=O)NCCSc1c(N)cc(C(F)(F)F)cc1NC(=O)CCCCN. The van der Waals surface area contributed by atoms with Gasteiger partial charge in [0.25, 0.3) is 0 Å². The number of amides is 2. The Morgan fingerprint density at radius 2 is 1.83 bits per heavy atom. The number of halogens is 3. The Bertz CT molecular complexity index is 737. The van der Waals surface area contributed by atoms with Crippen LogP contribution in [0.25, 0.3) is 0 Å². The van der Waals surface area contributed by atoms with Gasteiger partial charge in [-0.2, -0.15) is 13.2 Å². The molecule has 0 heterocycles. The van der Waals surface area contributed by atoms with Gasteiger partial charge in [0, 0.05) is 24.4 Å². The summed E-state index contributed by atoms with van der Waals surface area (Å²) in [7, 11) is 0. The predicted octanol–water partition coefficient (Wildman–Crippen LogP) is 3.97. The number of ether oxygens (including phenoxy) is 1. The van der Waals surface area contributed by atoms with E-state index < -0.39 is 29.3 Å². The molecule has 6 N–H and O–H groups in total. The maximum atomic E-state index is 13.1. The summed E-state index contributed by atoms with van der Waals surface area (Å²) < 4.78 is 44.6. The molecule has 0 radical (unpaired) electrons. The van der Waals surface area contributed by atoms with Gasteiger partial charge < -0.3 is 26.8 Å². The molecule has 0 unspecified atom stereocenters. The second-order valence-corrected chi connectivity index (χ2v) is 8.62. The van der Waals surface area contributed by atoms with Gasteiger partial charge in [-0.1, -0.05) is 0 Å². The van der Waals surface area contributed by atoms with Crippen LogP contribution in [0.2, 0.25) is 0 Å². The minimum absolute atomic E-state index is 0.0117. The fourth-order valence-electron chi connectivity index (χ4n) is 2.33. The number of alkyl carbamates (subject to hydrolysis) is 1. The van der Waals surface area contributed by atoms with Crippen molar-refractivity contribution >= 4 is 35.1 Å². The number of nitrogens with two attached hydrogens (primary N) is 2. The lowest BCUT2D eigenvalue weighted by Crippen LogP contribution is -2.33. The average molecular weight is 451 g/mol. The summed E-state index contributed by atoms with van der Waals surface area (Å²) in [5.74, 6) is -0.110. The van der Waals surface area contributed by atoms with Crippen LogP contribution in [0.3, 0.4) is 0 Å². The highest BCUT2D eigenvalue weighted by Crippen LogP contribution is 2.39. The summed E-state index contributed by atoms with van der Waals surface area (Å²) >= 11 is 1.13. The van der Waals surface area contributed by atoms with Crippen LogP contribution in [-0.2, 0) is 15.7 Å². The molecule has 0 spiro atoms. The molecule has 1 aromatic rings. The molecule has 170 valence electrons. The van der Waals surface area contributed by atoms with Crippen LogP contribution < -0.4 is 22.1 Å². The van der Waals surface area contributed by atoms with Gasteiger partial charge in [-0.15, -0.1) is 11.8 Å². The van der Waals surface area contributed by atoms with E-state index in [0.717, 1.165) is 23.9 Å². The zero-order chi connectivity index (χ0) is 22.9. The molecule has 1 rings (SSSR count). The maximum absolute atomic E-state index is 13.1. The standard InChI is InChI=1S/C19H29F3N4O3S/c1-18(2,3)29-17(28)25-8-9-30-16-13(24)10-12(19(20,21)22)11-14(16)26-15(27)6-4-5-7-23/h10-11H,4-9,23-24H2,1-3H3,(H,25,28)(H,26,27). The zero-order valence-electron chi connectivity index (χ0n) is 17.3. The van der Waals surface area contributed by atoms with Gasteiger partial charge in [0.1, 0.15) is 5.60 Å². The molecule has 0 aliphatic carbocycles. The number of rotatable bonds is 9. The van der Waals surface area contributed by atoms with E-state index in [9.17, 15) is 22.8 Å². The van der Waals surface area contributed by atoms with Gasteiger partial charge in [-0.3, -0.25) is 4.79 Å². The Hall–Kier alpha value is -2.14. The number of alkyl halides is 3. The van der Waals surface area contributed by atoms with E-state index in [4.69, 9.17) is 16.2 Å². The van der Waals surface area contributed by atoms with Crippen molar-refractivity contribution < 1.29 is 27.5 Å². The number of hydrogen-bond donors (Lipinski definition) is 4. The number of carbonyl (C=O) groups excluding carboxylic acids is 2. The summed E-state index contributed by atoms with van der Waals surface area (Å²) in [6, 6.07) is 1.69. The van der Waals surface area contributed by atoms with Crippen molar-refractivity contribution in [1.82, 2.24) is 5.32 Å². The van der Waals surface area contributed by atoms with E-state index in [2.05, 4.69) is 10.6 Å². The highest BCUT2D eigenvalue weighted by molar-refractivity contribution is 7.99. The molecule has 0 atom stereocenters. The first-order valence-corrected chi connectivity index (χ1v) is 10.4. The van der Waals surface area contributed by atoms with Crippen LogP contribution >= 0.6 is 11.8 Å². The fourth-order valence-corrected chi connectivity index (χ4v) is 3.23. The van der Waals surface area contributed by atoms with Gasteiger partial charge in [-0.05, 0) is 52.3 Å². The molecule has 0 aromatic heterocycles. The van der Waals surface area contributed by atoms with Crippen molar-refractivity contribution in [3.8, 4) is 0 Å². The summed E-state index contributed by atoms with van der Waals surface area (Å²) in [4.78, 5) is 24.1. The predicted molar refractivity (Wildman–Crippen MR) is 112 cm³/mol. The van der Waals surface area contributed by atoms with Gasteiger partial charge in [0.15, 0.2) is 0 Å². The van der Waals surface area contributed by atoms with Crippen LogP contribution in [0.5, 0.6) is 0 Å². The molecule has 7 nitrogen and oxygen atoms in total. The monoisotopic (exact) mass is 450 g/mol. The molecule has 0 aliphatic heterocycles. The number of hydrogen-bond acceptors (Lipinski definition) is 6. The van der Waals surface area contributed by atoms with Gasteiger partial charge in [0.2, 0.25) is 5.91 Å². The quantitative estimate of drug-likeness (QED) is 0.257. The van der Waals surface area contributed by atoms with E-state index >= 15 is 0 Å². The third-order valence-electron chi connectivity index (χ3n) is 3.59. The molecule has 30 heavy (non-hydrogen) atoms. The van der Waals surface area contributed by atoms with E-state index in [1.54, 1.807) is 20.8 Å². The van der Waals surface area contributed by atoms with Crippen molar-refractivity contribution in [2.45, 2.75) is 56.7 Å². The number of unbranched alkanes of at least 4 members (excludes halogenated alkanes) is 1. The van der Waals surface area contributed by atoms with Crippen molar-refractivity contribution in [1.29, 1.82) is 0 Å². The lowest BCUT2D eigenvalue weighted by molar-refractivity contribution is -0.137. The van der Waals surface area contributed by atoms with Gasteiger partial charge >= 0.3 is 12.3 Å². The Morgan fingerprint density at radius 1 is 1.17 bits per heavy atom. The normalized spacial score (nSPS) is 11.8. The summed E-state index contributed by atoms with van der Waals surface area (Å²) in [5, 5.41) is 5.07. The van der Waals surface area contributed by atoms with Gasteiger partial charge in [0.05, 0.1) is 16.1 Å². The highest BCUT2D eigenvalue weighted by atomic mass is 32.2. The molecule has 0 bridgehead atoms. The van der Waals surface area contributed by atoms with Crippen molar-refractivity contribution in [3.63, 3.8) is 0 Å². The topological polar surface area (TPSA) is 119 Å². The van der Waals surface area contributed by atoms with Crippen LogP contribution in [-0.4, -0.2) is 36.4 Å². The number of nitrogen functional groups attached to an aromatic ring is 1. The molecule has 0 saturated carbocycles. The first kappa shape index (κ1) is 25.9. The highest BCUT2D eigenvalue weighted by Gasteiger charge is 2.32. The van der Waals surface area contributed by atoms with Crippen LogP contribution in [0.4, 0.5) is 29.3 Å². The lowest BCUT2D eigenvalue weighted by Gasteiger charge is -2.20. The van der Waals surface area contributed by atoms with Crippen LogP contribution in [0, 0.1) is 0 Å². The minimum atomic E-state index is -4.60. The minimum Gasteiger partial charge on any atom is -0.444 e. The van der Waals surface area contributed by atoms with E-state index in [1.807, 2.05) is 0 Å². The van der Waals surface area contributed by atoms with Crippen LogP contribution in [0.1, 0.15) is 45.6 Å². The largest absolute Gasteiger partial charge is 0.444 e. The van der Waals surface area contributed by atoms with E-state index in [0.29, 0.717) is 30.0 Å². The summed E-state index contributed by atoms with van der Waals surface area (Å²) in [6.07, 6.45) is -3.90. The number of benzene rings is 1. The smallest absolute Gasteiger partial charge is 0.416 e. The molecule has 1 aromatic carbocycles. The number of carbonyl (C=O) groups is 2. The summed E-state index contributed by atoms with van der Waals surface area (Å²) in [5.41, 5.74) is 9.52. The zero-order valence-corrected chi connectivity index (χ0v) is 18.1. The van der Waals surface area contributed by atoms with Crippen molar-refractivity contribution in [2.24, 2.45) is 5.73 Å². The Kier molecular flexibility index (Phi) is 9.76. The molecule has 0 fully saturated rings. The molecular weight excluding hydrogens is 421 g/mol. The van der Waals surface area contributed by atoms with E-state index in [-0.39, 0.29) is 24.3 Å². The molecular formula is C19H29F3N4O3S. The Balaban J connectivity index is 2.87. The molecule has 2 amide bonds. The Morgan fingerprint density at radius 3 is 2.40 bits per heavy atom. The maximum Gasteiger partial charge on any atom is 0.416 e. The average Bonchev–Trinajstić information content (AvgIpc) is 2.58. The van der Waals surface area contributed by atoms with E-state index in [1.165, 1.54) is 0 Å². The second-order valence-electron chi connectivity index (χ2n) is 7.51. The lowest BCUT2D eigenvalue weighted by atomic mass is 10.1. The first-order valence-electron chi connectivity index (χ1n) is 9.43. The number of anilines is 2. The Labute approximate surface area is 178 Å². The van der Waals surface area contributed by atoms with Gasteiger partial charge in [-0.25, -0.2) is 4.79 Å². The third-order valence-corrected chi connectivity index (χ3v) is 4.75. The van der Waals surface area contributed by atoms with Crippen molar-refractivity contribution in [2.75, 3.05) is 29.9 Å². The third kappa shape index (κ3) is 9.57. The second kappa shape index (κ2) is 11.3. The fraction of sp³-hybridized carbons (Fsp3) is 0.579.